The molecule has 29 heavy (non-hydrogen) atoms. The van der Waals surface area contributed by atoms with Crippen LogP contribution in [0, 0.1) is 5.92 Å². The minimum atomic E-state index is -0.298. The lowest BCUT2D eigenvalue weighted by molar-refractivity contribution is -0.119. The van der Waals surface area contributed by atoms with E-state index in [1.807, 2.05) is 0 Å². The van der Waals surface area contributed by atoms with Crippen molar-refractivity contribution in [1.82, 2.24) is 20.3 Å². The second kappa shape index (κ2) is 7.37. The number of nitrogens with zero attached hydrogens (tertiary/aromatic N) is 3. The number of hydrogen-bond acceptors (Lipinski definition) is 7. The molecule has 0 saturated heterocycles. The van der Waals surface area contributed by atoms with E-state index in [0.717, 1.165) is 57.1 Å². The van der Waals surface area contributed by atoms with Crippen LogP contribution >= 0.6 is 11.3 Å². The lowest BCUT2D eigenvalue weighted by atomic mass is 9.81. The van der Waals surface area contributed by atoms with Crippen molar-refractivity contribution in [3.63, 3.8) is 0 Å². The summed E-state index contributed by atoms with van der Waals surface area (Å²) in [7, 11) is 0. The quantitative estimate of drug-likeness (QED) is 0.706. The summed E-state index contributed by atoms with van der Waals surface area (Å²) in [5, 5.41) is 9.89. The van der Waals surface area contributed by atoms with Gasteiger partial charge in [0.25, 0.3) is 5.91 Å². The van der Waals surface area contributed by atoms with Gasteiger partial charge in [-0.25, -0.2) is 15.0 Å². The van der Waals surface area contributed by atoms with Gasteiger partial charge in [-0.05, 0) is 25.7 Å². The van der Waals surface area contributed by atoms with Gasteiger partial charge in [0.1, 0.15) is 22.8 Å². The predicted octanol–water partition coefficient (Wildman–Crippen LogP) is 3.71. The first-order valence-corrected chi connectivity index (χ1v) is 11.2. The maximum absolute atomic E-state index is 12.5. The monoisotopic (exact) mass is 412 g/mol. The molecule has 0 aromatic carbocycles. The summed E-state index contributed by atoms with van der Waals surface area (Å²) in [5.74, 6) is 1.10. The van der Waals surface area contributed by atoms with Gasteiger partial charge < -0.3 is 16.0 Å². The molecule has 2 aromatic rings. The molecule has 8 nitrogen and oxygen atoms in total. The van der Waals surface area contributed by atoms with Crippen LogP contribution in [0.2, 0.25) is 0 Å². The van der Waals surface area contributed by atoms with Crippen LogP contribution in [-0.4, -0.2) is 26.8 Å². The fourth-order valence-corrected chi connectivity index (χ4v) is 5.69. The number of fused-ring (bicyclic) bond motifs is 2. The standard InChI is InChI=1S/C20H24N6O2S/c27-17(12-6-2-3-7-12)23-13-10-14(22-11-21-13)24-19-25-16-15(29-19)18(28)26-20(16)8-4-1-5-9-20/h10-12H,1-9H2,(H,26,28)(H2,21,22,23,24,25,27). The van der Waals surface area contributed by atoms with Gasteiger partial charge in [0, 0.05) is 12.0 Å². The molecule has 0 radical (unpaired) electrons. The summed E-state index contributed by atoms with van der Waals surface area (Å²) in [6.45, 7) is 0. The molecule has 0 atom stereocenters. The van der Waals surface area contributed by atoms with Crippen molar-refractivity contribution in [3.05, 3.63) is 23.0 Å². The van der Waals surface area contributed by atoms with Crippen LogP contribution < -0.4 is 16.0 Å². The van der Waals surface area contributed by atoms with Gasteiger partial charge in [0.05, 0.1) is 11.2 Å². The topological polar surface area (TPSA) is 109 Å². The largest absolute Gasteiger partial charge is 0.340 e. The smallest absolute Gasteiger partial charge is 0.264 e. The Morgan fingerprint density at radius 1 is 1.10 bits per heavy atom. The van der Waals surface area contributed by atoms with Crippen molar-refractivity contribution >= 4 is 39.9 Å². The normalized spacial score (nSPS) is 20.5. The van der Waals surface area contributed by atoms with E-state index in [-0.39, 0.29) is 23.3 Å². The second-order valence-electron chi connectivity index (χ2n) is 8.18. The molecule has 2 aliphatic carbocycles. The third-order valence-electron chi connectivity index (χ3n) is 6.23. The zero-order chi connectivity index (χ0) is 19.8. The first kappa shape index (κ1) is 18.5. The molecule has 1 spiro atoms. The van der Waals surface area contributed by atoms with E-state index >= 15 is 0 Å². The van der Waals surface area contributed by atoms with Crippen molar-refractivity contribution in [2.24, 2.45) is 5.92 Å². The first-order chi connectivity index (χ1) is 14.1. The summed E-state index contributed by atoms with van der Waals surface area (Å²) in [6.07, 6.45) is 10.8. The van der Waals surface area contributed by atoms with Crippen LogP contribution in [0.5, 0.6) is 0 Å². The molecule has 3 heterocycles. The number of thiazole rings is 1. The molecule has 1 aliphatic heterocycles. The lowest BCUT2D eigenvalue weighted by Crippen LogP contribution is -2.41. The Balaban J connectivity index is 1.32. The fraction of sp³-hybridized carbons (Fsp3) is 0.550. The van der Waals surface area contributed by atoms with Crippen LogP contribution in [0.25, 0.3) is 0 Å². The summed E-state index contributed by atoms with van der Waals surface area (Å²) in [4.78, 5) is 38.6. The molecule has 9 heteroatoms. The maximum atomic E-state index is 12.5. The van der Waals surface area contributed by atoms with Crippen molar-refractivity contribution in [2.75, 3.05) is 10.6 Å². The highest BCUT2D eigenvalue weighted by molar-refractivity contribution is 7.17. The van der Waals surface area contributed by atoms with Crippen molar-refractivity contribution < 1.29 is 9.59 Å². The Kier molecular flexibility index (Phi) is 4.69. The minimum absolute atomic E-state index is 0.0243. The lowest BCUT2D eigenvalue weighted by Gasteiger charge is -2.32. The number of anilines is 3. The third-order valence-corrected chi connectivity index (χ3v) is 7.20. The summed E-state index contributed by atoms with van der Waals surface area (Å²) in [6, 6.07) is 1.70. The van der Waals surface area contributed by atoms with Crippen molar-refractivity contribution in [2.45, 2.75) is 63.3 Å². The molecule has 2 fully saturated rings. The van der Waals surface area contributed by atoms with Gasteiger partial charge >= 0.3 is 0 Å². The van der Waals surface area contributed by atoms with Crippen molar-refractivity contribution in [1.29, 1.82) is 0 Å². The molecule has 2 saturated carbocycles. The Bertz CT molecular complexity index is 946. The Hall–Kier alpha value is -2.55. The number of carbonyl (C=O) groups is 2. The highest BCUT2D eigenvalue weighted by Gasteiger charge is 2.46. The van der Waals surface area contributed by atoms with E-state index in [2.05, 4.69) is 25.9 Å². The van der Waals surface area contributed by atoms with E-state index < -0.39 is 0 Å². The second-order valence-corrected chi connectivity index (χ2v) is 9.18. The zero-order valence-electron chi connectivity index (χ0n) is 16.2. The molecule has 5 rings (SSSR count). The molecule has 3 aliphatic rings. The average Bonchev–Trinajstić information content (AvgIpc) is 3.43. The highest BCUT2D eigenvalue weighted by Crippen LogP contribution is 2.45. The Labute approximate surface area is 172 Å². The third kappa shape index (κ3) is 3.48. The first-order valence-electron chi connectivity index (χ1n) is 10.4. The van der Waals surface area contributed by atoms with E-state index in [0.29, 0.717) is 21.6 Å². The molecular weight excluding hydrogens is 388 g/mol. The van der Waals surface area contributed by atoms with Gasteiger partial charge in [0.15, 0.2) is 5.13 Å². The highest BCUT2D eigenvalue weighted by atomic mass is 32.1. The predicted molar refractivity (Wildman–Crippen MR) is 110 cm³/mol. The van der Waals surface area contributed by atoms with Gasteiger partial charge in [-0.2, -0.15) is 0 Å². The van der Waals surface area contributed by atoms with E-state index in [1.54, 1.807) is 6.07 Å². The number of aromatic nitrogens is 3. The Morgan fingerprint density at radius 2 is 1.86 bits per heavy atom. The molecule has 3 N–H and O–H groups in total. The van der Waals surface area contributed by atoms with E-state index in [9.17, 15) is 9.59 Å². The Morgan fingerprint density at radius 3 is 2.66 bits per heavy atom. The zero-order valence-corrected chi connectivity index (χ0v) is 17.0. The van der Waals surface area contributed by atoms with Crippen LogP contribution in [0.4, 0.5) is 16.8 Å². The van der Waals surface area contributed by atoms with E-state index in [1.165, 1.54) is 24.1 Å². The number of amides is 2. The molecule has 152 valence electrons. The molecule has 0 unspecified atom stereocenters. The summed E-state index contributed by atoms with van der Waals surface area (Å²) >= 11 is 1.35. The molecule has 2 aromatic heterocycles. The molecule has 0 bridgehead atoms. The van der Waals surface area contributed by atoms with Gasteiger partial charge in [-0.1, -0.05) is 43.4 Å². The summed E-state index contributed by atoms with van der Waals surface area (Å²) in [5.41, 5.74) is 0.575. The average molecular weight is 413 g/mol. The van der Waals surface area contributed by atoms with Crippen LogP contribution in [-0.2, 0) is 10.3 Å². The van der Waals surface area contributed by atoms with Crippen molar-refractivity contribution in [3.8, 4) is 0 Å². The van der Waals surface area contributed by atoms with Gasteiger partial charge in [-0.15, -0.1) is 0 Å². The van der Waals surface area contributed by atoms with Gasteiger partial charge in [-0.3, -0.25) is 9.59 Å². The molecular formula is C20H24N6O2S. The SMILES string of the molecule is O=C1NC2(CCCCC2)c2nc(Nc3cc(NC(=O)C4CCCC4)ncn3)sc21. The number of hydrogen-bond donors (Lipinski definition) is 3. The maximum Gasteiger partial charge on any atom is 0.264 e. The van der Waals surface area contributed by atoms with Crippen LogP contribution in [0.1, 0.15) is 73.2 Å². The minimum Gasteiger partial charge on any atom is -0.340 e. The summed E-state index contributed by atoms with van der Waals surface area (Å²) < 4.78 is 0. The van der Waals surface area contributed by atoms with Gasteiger partial charge in [0.2, 0.25) is 5.91 Å². The fourth-order valence-electron chi connectivity index (χ4n) is 4.72. The number of nitrogens with one attached hydrogen (secondary N) is 3. The van der Waals surface area contributed by atoms with Crippen LogP contribution in [0.3, 0.4) is 0 Å². The van der Waals surface area contributed by atoms with Crippen LogP contribution in [0.15, 0.2) is 12.4 Å². The molecule has 2 amide bonds. The van der Waals surface area contributed by atoms with E-state index in [4.69, 9.17) is 4.98 Å². The number of carbonyl (C=O) groups excluding carboxylic acids is 2. The number of rotatable bonds is 4.